The maximum Gasteiger partial charge on any atom is 0.101 e. The van der Waals surface area contributed by atoms with Crippen LogP contribution in [0, 0.1) is 13.8 Å². The highest BCUT2D eigenvalue weighted by Gasteiger charge is 2.35. The first kappa shape index (κ1) is 23.6. The first-order valence-electron chi connectivity index (χ1n) is 12.1. The molecular weight excluding hydrogens is 376 g/mol. The van der Waals surface area contributed by atoms with E-state index >= 15 is 0 Å². The van der Waals surface area contributed by atoms with Gasteiger partial charge in [0.25, 0.3) is 0 Å². The lowest BCUT2D eigenvalue weighted by Gasteiger charge is -2.31. The summed E-state index contributed by atoms with van der Waals surface area (Å²) < 4.78 is 0. The smallest absolute Gasteiger partial charge is 0.101 e. The maximum absolute atomic E-state index is 5.07. The van der Waals surface area contributed by atoms with E-state index in [0.29, 0.717) is 23.7 Å². The van der Waals surface area contributed by atoms with Crippen LogP contribution in [0.2, 0.25) is 0 Å². The molecule has 0 saturated carbocycles. The van der Waals surface area contributed by atoms with Crippen LogP contribution < -0.4 is 5.32 Å². The molecule has 2 aromatic carbocycles. The predicted molar refractivity (Wildman–Crippen MR) is 136 cm³/mol. The van der Waals surface area contributed by atoms with Gasteiger partial charge in [-0.05, 0) is 70.9 Å². The molecule has 0 aliphatic carbocycles. The van der Waals surface area contributed by atoms with Crippen LogP contribution in [-0.4, -0.2) is 6.34 Å². The molecule has 0 fully saturated rings. The van der Waals surface area contributed by atoms with Crippen molar-refractivity contribution < 1.29 is 0 Å². The quantitative estimate of drug-likeness (QED) is 0.502. The largest absolute Gasteiger partial charge is 0.367 e. The molecular formula is C29H42N2. The van der Waals surface area contributed by atoms with Crippen molar-refractivity contribution in [3.63, 3.8) is 0 Å². The number of nitrogens with one attached hydrogen (secondary N) is 1. The van der Waals surface area contributed by atoms with Gasteiger partial charge in [0, 0.05) is 0 Å². The molecule has 2 aromatic rings. The molecule has 168 valence electrons. The van der Waals surface area contributed by atoms with E-state index in [4.69, 9.17) is 4.99 Å². The zero-order valence-corrected chi connectivity index (χ0v) is 21.3. The molecule has 1 aliphatic rings. The highest BCUT2D eigenvalue weighted by Crippen LogP contribution is 2.46. The fraction of sp³-hybridized carbons (Fsp3) is 0.552. The Hall–Kier alpha value is -2.09. The molecule has 2 unspecified atom stereocenters. The summed E-state index contributed by atoms with van der Waals surface area (Å²) in [5.74, 6) is 1.89. The van der Waals surface area contributed by atoms with Gasteiger partial charge in [0.2, 0.25) is 0 Å². The number of aliphatic imine (C=N–C) groups is 1. The van der Waals surface area contributed by atoms with E-state index in [1.54, 1.807) is 0 Å². The number of hydrogen-bond donors (Lipinski definition) is 1. The van der Waals surface area contributed by atoms with Crippen molar-refractivity contribution in [2.24, 2.45) is 4.99 Å². The van der Waals surface area contributed by atoms with Crippen molar-refractivity contribution in [2.75, 3.05) is 0 Å². The first-order valence-corrected chi connectivity index (χ1v) is 12.1. The van der Waals surface area contributed by atoms with Crippen LogP contribution in [0.4, 0.5) is 0 Å². The second-order valence-electron chi connectivity index (χ2n) is 10.7. The van der Waals surface area contributed by atoms with Crippen LogP contribution >= 0.6 is 0 Å². The molecule has 1 aliphatic heterocycles. The van der Waals surface area contributed by atoms with Gasteiger partial charge in [-0.2, -0.15) is 0 Å². The normalized spacial score (nSPS) is 18.6. The first-order chi connectivity index (χ1) is 14.5. The lowest BCUT2D eigenvalue weighted by atomic mass is 9.77. The predicted octanol–water partition coefficient (Wildman–Crippen LogP) is 8.21. The summed E-state index contributed by atoms with van der Waals surface area (Å²) in [6.07, 6.45) is 1.96. The molecule has 2 heteroatoms. The van der Waals surface area contributed by atoms with Gasteiger partial charge < -0.3 is 5.32 Å². The standard InChI is InChI=1S/C29H42N2/c1-16(2)22-11-20(9)12-23(17(3)4)26(22)28-29(31-15-30-28)27-24(18(5)6)13-21(10)14-25(27)19(7)8/h11-19,28-29H,1-10H3,(H,30,31). The van der Waals surface area contributed by atoms with Gasteiger partial charge in [-0.1, -0.05) is 90.8 Å². The lowest BCUT2D eigenvalue weighted by molar-refractivity contribution is 0.542. The summed E-state index contributed by atoms with van der Waals surface area (Å²) in [7, 11) is 0. The second kappa shape index (κ2) is 9.18. The summed E-state index contributed by atoms with van der Waals surface area (Å²) >= 11 is 0. The number of hydrogen-bond acceptors (Lipinski definition) is 2. The number of benzene rings is 2. The fourth-order valence-electron chi connectivity index (χ4n) is 5.18. The van der Waals surface area contributed by atoms with Gasteiger partial charge in [0.15, 0.2) is 0 Å². The number of rotatable bonds is 6. The van der Waals surface area contributed by atoms with E-state index in [0.717, 1.165) is 0 Å². The Morgan fingerprint density at radius 3 is 1.32 bits per heavy atom. The van der Waals surface area contributed by atoms with Crippen LogP contribution in [-0.2, 0) is 0 Å². The molecule has 0 radical (unpaired) electrons. The van der Waals surface area contributed by atoms with E-state index in [9.17, 15) is 0 Å². The average Bonchev–Trinajstić information content (AvgIpc) is 3.15. The van der Waals surface area contributed by atoms with Gasteiger partial charge in [0.1, 0.15) is 6.04 Å². The minimum Gasteiger partial charge on any atom is -0.367 e. The Morgan fingerprint density at radius 2 is 0.968 bits per heavy atom. The Morgan fingerprint density at radius 1 is 0.613 bits per heavy atom. The Bertz CT molecular complexity index is 905. The third-order valence-corrected chi connectivity index (χ3v) is 6.68. The molecule has 0 bridgehead atoms. The zero-order chi connectivity index (χ0) is 23.0. The summed E-state index contributed by atoms with van der Waals surface area (Å²) in [4.78, 5) is 5.07. The fourth-order valence-corrected chi connectivity index (χ4v) is 5.18. The van der Waals surface area contributed by atoms with Gasteiger partial charge in [-0.3, -0.25) is 4.99 Å². The minimum absolute atomic E-state index is 0.105. The molecule has 0 spiro atoms. The van der Waals surface area contributed by atoms with Crippen LogP contribution in [0.3, 0.4) is 0 Å². The lowest BCUT2D eigenvalue weighted by Crippen LogP contribution is -2.24. The summed E-state index contributed by atoms with van der Waals surface area (Å²) in [6.45, 7) is 23.0. The number of nitrogens with zero attached hydrogens (tertiary/aromatic N) is 1. The summed E-state index contributed by atoms with van der Waals surface area (Å²) in [5, 5.41) is 3.69. The van der Waals surface area contributed by atoms with E-state index in [-0.39, 0.29) is 12.1 Å². The molecule has 2 nitrogen and oxygen atoms in total. The van der Waals surface area contributed by atoms with Crippen molar-refractivity contribution in [1.82, 2.24) is 5.32 Å². The minimum atomic E-state index is 0.105. The van der Waals surface area contributed by atoms with E-state index in [1.807, 2.05) is 6.34 Å². The Kier molecular flexibility index (Phi) is 6.98. The molecule has 0 aromatic heterocycles. The van der Waals surface area contributed by atoms with Gasteiger partial charge in [0.05, 0.1) is 12.4 Å². The van der Waals surface area contributed by atoms with Crippen molar-refractivity contribution in [3.05, 3.63) is 68.8 Å². The Balaban J connectivity index is 2.28. The van der Waals surface area contributed by atoms with E-state index in [2.05, 4.69) is 98.8 Å². The topological polar surface area (TPSA) is 24.4 Å². The summed E-state index contributed by atoms with van der Waals surface area (Å²) in [6, 6.07) is 9.84. The van der Waals surface area contributed by atoms with Gasteiger partial charge >= 0.3 is 0 Å². The van der Waals surface area contributed by atoms with Gasteiger partial charge in [-0.25, -0.2) is 0 Å². The molecule has 31 heavy (non-hydrogen) atoms. The van der Waals surface area contributed by atoms with Crippen molar-refractivity contribution >= 4 is 6.34 Å². The molecule has 0 saturated heterocycles. The molecule has 0 amide bonds. The molecule has 1 N–H and O–H groups in total. The molecule has 1 heterocycles. The zero-order valence-electron chi connectivity index (χ0n) is 21.3. The van der Waals surface area contributed by atoms with Crippen molar-refractivity contribution in [1.29, 1.82) is 0 Å². The van der Waals surface area contributed by atoms with Crippen LogP contribution in [0.15, 0.2) is 29.3 Å². The highest BCUT2D eigenvalue weighted by molar-refractivity contribution is 5.63. The summed E-state index contributed by atoms with van der Waals surface area (Å²) in [5.41, 5.74) is 11.4. The maximum atomic E-state index is 5.07. The van der Waals surface area contributed by atoms with Gasteiger partial charge in [-0.15, -0.1) is 0 Å². The highest BCUT2D eigenvalue weighted by atomic mass is 15.1. The molecule has 2 atom stereocenters. The van der Waals surface area contributed by atoms with E-state index in [1.165, 1.54) is 44.5 Å². The number of aryl methyl sites for hydroxylation is 2. The van der Waals surface area contributed by atoms with Crippen molar-refractivity contribution in [3.8, 4) is 0 Å². The monoisotopic (exact) mass is 418 g/mol. The average molecular weight is 419 g/mol. The molecule has 3 rings (SSSR count). The second-order valence-corrected chi connectivity index (χ2v) is 10.7. The SMILES string of the molecule is Cc1cc(C(C)C)c(C2N=CNC2c2c(C(C)C)cc(C)cc2C(C)C)c(C(C)C)c1. The van der Waals surface area contributed by atoms with E-state index < -0.39 is 0 Å². The van der Waals surface area contributed by atoms with Crippen LogP contribution in [0.1, 0.15) is 136 Å². The third-order valence-electron chi connectivity index (χ3n) is 6.68. The third kappa shape index (κ3) is 4.59. The Labute approximate surface area is 190 Å². The van der Waals surface area contributed by atoms with Crippen molar-refractivity contribution in [2.45, 2.75) is 105 Å². The van der Waals surface area contributed by atoms with Crippen LogP contribution in [0.25, 0.3) is 0 Å². The van der Waals surface area contributed by atoms with Crippen LogP contribution in [0.5, 0.6) is 0 Å².